The van der Waals surface area contributed by atoms with E-state index >= 15 is 0 Å². The molecular weight excluding hydrogens is 414 g/mol. The topological polar surface area (TPSA) is 129 Å². The van der Waals surface area contributed by atoms with E-state index in [0.717, 1.165) is 43.1 Å². The molecule has 0 saturated heterocycles. The van der Waals surface area contributed by atoms with E-state index in [1.165, 1.54) is 45.5 Å². The second-order valence-electron chi connectivity index (χ2n) is 6.53. The Morgan fingerprint density at radius 1 is 1.31 bits per heavy atom. The quantitative estimate of drug-likeness (QED) is 0.370. The third kappa shape index (κ3) is 4.27. The van der Waals surface area contributed by atoms with Crippen molar-refractivity contribution < 1.29 is 9.72 Å². The standard InChI is InChI=1S/C17H17N7O3S2/c1-23-17(20-21-22-23)29-13-8-7-10(24(26)27)9-11(13)15(25)19-16-18-12-5-3-2-4-6-14(12)28-16/h7-9H,2-6H2,1H3,(H,18,19,25). The van der Waals surface area contributed by atoms with Gasteiger partial charge in [-0.25, -0.2) is 9.67 Å². The van der Waals surface area contributed by atoms with Crippen LogP contribution in [0.2, 0.25) is 0 Å². The third-order valence-electron chi connectivity index (χ3n) is 4.52. The molecule has 0 atom stereocenters. The number of nitrogens with one attached hydrogen (secondary N) is 1. The Bertz CT molecular complexity index is 1060. The minimum atomic E-state index is -0.527. The Hall–Kier alpha value is -2.86. The van der Waals surface area contributed by atoms with Crippen LogP contribution in [0.25, 0.3) is 0 Å². The van der Waals surface area contributed by atoms with Crippen LogP contribution >= 0.6 is 23.1 Å². The van der Waals surface area contributed by atoms with Crippen molar-refractivity contribution in [3.8, 4) is 0 Å². The van der Waals surface area contributed by atoms with E-state index in [2.05, 4.69) is 25.8 Å². The predicted octanol–water partition coefficient (Wildman–Crippen LogP) is 3.25. The van der Waals surface area contributed by atoms with Crippen molar-refractivity contribution in [3.05, 3.63) is 44.4 Å². The van der Waals surface area contributed by atoms with E-state index in [1.54, 1.807) is 7.05 Å². The number of nitrogens with zero attached hydrogens (tertiary/aromatic N) is 6. The maximum atomic E-state index is 13.0. The number of benzene rings is 1. The maximum absolute atomic E-state index is 13.0. The van der Waals surface area contributed by atoms with Gasteiger partial charge in [0.25, 0.3) is 11.6 Å². The number of hydrogen-bond donors (Lipinski definition) is 1. The molecule has 1 amide bonds. The highest BCUT2D eigenvalue weighted by atomic mass is 32.2. The van der Waals surface area contributed by atoms with Crippen LogP contribution in [0.5, 0.6) is 0 Å². The number of thiazole rings is 1. The fourth-order valence-corrected chi connectivity index (χ4v) is 4.94. The van der Waals surface area contributed by atoms with Crippen molar-refractivity contribution in [2.24, 2.45) is 7.05 Å². The summed E-state index contributed by atoms with van der Waals surface area (Å²) in [6.45, 7) is 0. The summed E-state index contributed by atoms with van der Waals surface area (Å²) in [7, 11) is 1.68. The van der Waals surface area contributed by atoms with Gasteiger partial charge in [-0.05, 0) is 53.9 Å². The fourth-order valence-electron chi connectivity index (χ4n) is 3.05. The normalized spacial score (nSPS) is 13.6. The van der Waals surface area contributed by atoms with Crippen LogP contribution < -0.4 is 5.32 Å². The van der Waals surface area contributed by atoms with Gasteiger partial charge in [0, 0.05) is 29.0 Å². The van der Waals surface area contributed by atoms with Gasteiger partial charge in [-0.1, -0.05) is 6.42 Å². The molecule has 2 aromatic heterocycles. The molecule has 0 saturated carbocycles. The molecule has 12 heteroatoms. The smallest absolute Gasteiger partial charge is 0.270 e. The number of aryl methyl sites for hydroxylation is 3. The Balaban J connectivity index is 1.63. The first-order valence-corrected chi connectivity index (χ1v) is 10.6. The molecule has 4 rings (SSSR count). The maximum Gasteiger partial charge on any atom is 0.270 e. The van der Waals surface area contributed by atoms with Gasteiger partial charge in [0.1, 0.15) is 0 Å². The molecule has 1 aromatic carbocycles. The summed E-state index contributed by atoms with van der Waals surface area (Å²) >= 11 is 2.64. The molecule has 29 heavy (non-hydrogen) atoms. The van der Waals surface area contributed by atoms with Crippen molar-refractivity contribution in [2.45, 2.75) is 42.2 Å². The van der Waals surface area contributed by atoms with Gasteiger partial charge in [-0.2, -0.15) is 0 Å². The van der Waals surface area contributed by atoms with E-state index in [4.69, 9.17) is 0 Å². The second kappa shape index (κ2) is 8.25. The first-order chi connectivity index (χ1) is 14.0. The number of carbonyl (C=O) groups is 1. The number of anilines is 1. The van der Waals surface area contributed by atoms with Crippen LogP contribution in [0.1, 0.15) is 40.2 Å². The summed E-state index contributed by atoms with van der Waals surface area (Å²) in [6, 6.07) is 4.15. The summed E-state index contributed by atoms with van der Waals surface area (Å²) in [5, 5.41) is 26.2. The van der Waals surface area contributed by atoms with Crippen LogP contribution in [-0.4, -0.2) is 36.0 Å². The molecule has 0 bridgehead atoms. The molecule has 0 radical (unpaired) electrons. The first kappa shape index (κ1) is 19.5. The van der Waals surface area contributed by atoms with Gasteiger partial charge in [0.15, 0.2) is 5.13 Å². The summed E-state index contributed by atoms with van der Waals surface area (Å²) in [5.74, 6) is -0.449. The number of rotatable bonds is 5. The van der Waals surface area contributed by atoms with Gasteiger partial charge in [-0.3, -0.25) is 20.2 Å². The molecule has 10 nitrogen and oxygen atoms in total. The highest BCUT2D eigenvalue weighted by Gasteiger charge is 2.21. The molecule has 1 aliphatic carbocycles. The van der Waals surface area contributed by atoms with Crippen LogP contribution in [0.3, 0.4) is 0 Å². The zero-order valence-corrected chi connectivity index (χ0v) is 17.1. The zero-order chi connectivity index (χ0) is 20.4. The third-order valence-corrected chi connectivity index (χ3v) is 6.69. The van der Waals surface area contributed by atoms with E-state index in [1.807, 2.05) is 0 Å². The number of nitro groups is 1. The lowest BCUT2D eigenvalue weighted by Gasteiger charge is -2.08. The average Bonchev–Trinajstić information content (AvgIpc) is 3.20. The van der Waals surface area contributed by atoms with E-state index in [0.29, 0.717) is 15.2 Å². The number of amides is 1. The van der Waals surface area contributed by atoms with Crippen molar-refractivity contribution in [3.63, 3.8) is 0 Å². The fraction of sp³-hybridized carbons (Fsp3) is 0.353. The molecule has 1 aliphatic rings. The first-order valence-electron chi connectivity index (χ1n) is 9.00. The van der Waals surface area contributed by atoms with Gasteiger partial charge in [0.2, 0.25) is 5.16 Å². The largest absolute Gasteiger partial charge is 0.298 e. The lowest BCUT2D eigenvalue weighted by atomic mass is 10.2. The zero-order valence-electron chi connectivity index (χ0n) is 15.5. The summed E-state index contributed by atoms with van der Waals surface area (Å²) < 4.78 is 1.46. The molecule has 1 N–H and O–H groups in total. The Kier molecular flexibility index (Phi) is 5.53. The SMILES string of the molecule is Cn1nnnc1Sc1ccc([N+](=O)[O-])cc1C(=O)Nc1nc2c(s1)CCCCC2. The Labute approximate surface area is 173 Å². The lowest BCUT2D eigenvalue weighted by molar-refractivity contribution is -0.384. The Morgan fingerprint density at radius 3 is 2.90 bits per heavy atom. The van der Waals surface area contributed by atoms with Crippen LogP contribution in [0.4, 0.5) is 10.8 Å². The molecule has 0 fully saturated rings. The average molecular weight is 432 g/mol. The number of non-ortho nitro benzene ring substituents is 1. The lowest BCUT2D eigenvalue weighted by Crippen LogP contribution is -2.13. The van der Waals surface area contributed by atoms with Gasteiger partial charge in [0.05, 0.1) is 16.2 Å². The highest BCUT2D eigenvalue weighted by Crippen LogP contribution is 2.33. The van der Waals surface area contributed by atoms with Gasteiger partial charge in [-0.15, -0.1) is 16.4 Å². The molecule has 3 aromatic rings. The summed E-state index contributed by atoms with van der Waals surface area (Å²) in [5.41, 5.74) is 1.06. The highest BCUT2D eigenvalue weighted by molar-refractivity contribution is 7.99. The number of carbonyl (C=O) groups excluding carboxylic acids is 1. The summed E-state index contributed by atoms with van der Waals surface area (Å²) in [6.07, 6.45) is 5.30. The molecule has 0 unspecified atom stereocenters. The van der Waals surface area contributed by atoms with E-state index < -0.39 is 10.8 Å². The second-order valence-corrected chi connectivity index (χ2v) is 8.62. The number of tetrazole rings is 1. The van der Waals surface area contributed by atoms with Crippen molar-refractivity contribution >= 4 is 39.8 Å². The van der Waals surface area contributed by atoms with E-state index in [9.17, 15) is 14.9 Å². The number of aromatic nitrogens is 5. The van der Waals surface area contributed by atoms with E-state index in [-0.39, 0.29) is 11.3 Å². The van der Waals surface area contributed by atoms with Crippen LogP contribution in [0.15, 0.2) is 28.3 Å². The van der Waals surface area contributed by atoms with Crippen LogP contribution in [-0.2, 0) is 19.9 Å². The number of fused-ring (bicyclic) bond motifs is 1. The minimum Gasteiger partial charge on any atom is -0.298 e. The molecule has 2 heterocycles. The van der Waals surface area contributed by atoms with Crippen molar-refractivity contribution in [2.75, 3.05) is 5.32 Å². The number of hydrogen-bond acceptors (Lipinski definition) is 9. The molecular formula is C17H17N7O3S2. The number of nitro benzene ring substituents is 1. The molecule has 0 aliphatic heterocycles. The van der Waals surface area contributed by atoms with Gasteiger partial charge >= 0.3 is 0 Å². The minimum absolute atomic E-state index is 0.162. The van der Waals surface area contributed by atoms with Crippen molar-refractivity contribution in [1.82, 2.24) is 25.2 Å². The molecule has 150 valence electrons. The predicted molar refractivity (Wildman–Crippen MR) is 107 cm³/mol. The Morgan fingerprint density at radius 2 is 2.14 bits per heavy atom. The molecule has 0 spiro atoms. The van der Waals surface area contributed by atoms with Crippen LogP contribution in [0, 0.1) is 10.1 Å². The van der Waals surface area contributed by atoms with Gasteiger partial charge < -0.3 is 0 Å². The monoisotopic (exact) mass is 431 g/mol. The summed E-state index contributed by atoms with van der Waals surface area (Å²) in [4.78, 5) is 29.9. The van der Waals surface area contributed by atoms with Crippen molar-refractivity contribution in [1.29, 1.82) is 0 Å².